The molecule has 5 heteroatoms. The first-order valence-corrected chi connectivity index (χ1v) is 4.50. The average Bonchev–Trinajstić information content (AvgIpc) is 2.60. The molecule has 5 nitrogen and oxygen atoms in total. The van der Waals surface area contributed by atoms with Gasteiger partial charge in [0.25, 0.3) is 5.56 Å². The fraction of sp³-hybridized carbons (Fsp3) is 0.333. The van der Waals surface area contributed by atoms with E-state index in [2.05, 4.69) is 15.3 Å². The number of aromatic nitrogens is 3. The number of fused-ring (bicyclic) bond motifs is 1. The Balaban J connectivity index is 2.47. The lowest BCUT2D eigenvalue weighted by Gasteiger charge is -2.01. The van der Waals surface area contributed by atoms with E-state index in [1.807, 2.05) is 17.7 Å². The van der Waals surface area contributed by atoms with Gasteiger partial charge < -0.3 is 14.9 Å². The summed E-state index contributed by atoms with van der Waals surface area (Å²) in [7, 11) is 1.89. The third kappa shape index (κ3) is 1.42. The van der Waals surface area contributed by atoms with Crippen molar-refractivity contribution < 1.29 is 0 Å². The van der Waals surface area contributed by atoms with Crippen LogP contribution in [0.4, 0.5) is 0 Å². The van der Waals surface area contributed by atoms with Gasteiger partial charge in [-0.25, -0.2) is 4.98 Å². The molecular weight excluding hydrogens is 180 g/mol. The van der Waals surface area contributed by atoms with Crippen LogP contribution in [0.5, 0.6) is 0 Å². The van der Waals surface area contributed by atoms with Crippen molar-refractivity contribution in [3.63, 3.8) is 0 Å². The van der Waals surface area contributed by atoms with Crippen molar-refractivity contribution in [3.05, 3.63) is 28.9 Å². The van der Waals surface area contributed by atoms with E-state index < -0.39 is 0 Å². The molecule has 0 unspecified atom stereocenters. The second-order valence-electron chi connectivity index (χ2n) is 3.08. The lowest BCUT2D eigenvalue weighted by molar-refractivity contribution is 0.658. The van der Waals surface area contributed by atoms with Gasteiger partial charge in [0.2, 0.25) is 0 Å². The molecule has 14 heavy (non-hydrogen) atoms. The van der Waals surface area contributed by atoms with Gasteiger partial charge in [-0.3, -0.25) is 4.79 Å². The number of rotatable bonds is 3. The largest absolute Gasteiger partial charge is 0.329 e. The van der Waals surface area contributed by atoms with E-state index in [1.54, 1.807) is 12.5 Å². The van der Waals surface area contributed by atoms with E-state index in [0.717, 1.165) is 18.6 Å². The van der Waals surface area contributed by atoms with Crippen molar-refractivity contribution in [3.8, 4) is 0 Å². The molecule has 0 amide bonds. The molecule has 2 heterocycles. The minimum Gasteiger partial charge on any atom is -0.329 e. The predicted octanol–water partition coefficient (Wildman–Crippen LogP) is -0.0560. The van der Waals surface area contributed by atoms with Crippen LogP contribution in [0.1, 0.15) is 0 Å². The number of pyridine rings is 1. The van der Waals surface area contributed by atoms with Crippen LogP contribution in [0.2, 0.25) is 0 Å². The Bertz CT molecular complexity index is 485. The zero-order valence-corrected chi connectivity index (χ0v) is 7.95. The molecule has 0 saturated carbocycles. The lowest BCUT2D eigenvalue weighted by Crippen LogP contribution is -2.14. The molecule has 74 valence electrons. The minimum atomic E-state index is -0.134. The fourth-order valence-electron chi connectivity index (χ4n) is 1.42. The highest BCUT2D eigenvalue weighted by molar-refractivity contribution is 5.73. The van der Waals surface area contributed by atoms with Crippen LogP contribution in [-0.2, 0) is 6.54 Å². The maximum absolute atomic E-state index is 11.3. The van der Waals surface area contributed by atoms with Crippen LogP contribution in [0.3, 0.4) is 0 Å². The summed E-state index contributed by atoms with van der Waals surface area (Å²) in [5.41, 5.74) is 1.25. The zero-order valence-electron chi connectivity index (χ0n) is 7.95. The summed E-state index contributed by atoms with van der Waals surface area (Å²) in [6.45, 7) is 1.68. The molecule has 0 bridgehead atoms. The van der Waals surface area contributed by atoms with Crippen LogP contribution < -0.4 is 10.9 Å². The molecule has 0 aliphatic rings. The number of likely N-dealkylation sites (N-methyl/N-ethyl adjacent to an activating group) is 1. The first-order chi connectivity index (χ1) is 6.83. The molecule has 0 aliphatic carbocycles. The van der Waals surface area contributed by atoms with Crippen molar-refractivity contribution in [2.45, 2.75) is 6.54 Å². The zero-order chi connectivity index (χ0) is 9.97. The normalized spacial score (nSPS) is 10.9. The molecule has 0 aromatic carbocycles. The quantitative estimate of drug-likeness (QED) is 0.716. The standard InChI is InChI=1S/C9H12N4O/c1-10-4-5-13-6-12-8-7(13)2-3-11-9(8)14/h2-3,6,10H,4-5H2,1H3,(H,11,14). The maximum Gasteiger partial charge on any atom is 0.276 e. The maximum atomic E-state index is 11.3. The number of nitrogens with zero attached hydrogens (tertiary/aromatic N) is 2. The van der Waals surface area contributed by atoms with Gasteiger partial charge in [-0.15, -0.1) is 0 Å². The Morgan fingerprint density at radius 1 is 1.64 bits per heavy atom. The average molecular weight is 192 g/mol. The van der Waals surface area contributed by atoms with Gasteiger partial charge in [0, 0.05) is 19.3 Å². The molecule has 0 aliphatic heterocycles. The predicted molar refractivity (Wildman–Crippen MR) is 54.3 cm³/mol. The number of aromatic amines is 1. The number of hydrogen-bond acceptors (Lipinski definition) is 3. The first kappa shape index (κ1) is 8.96. The van der Waals surface area contributed by atoms with Gasteiger partial charge >= 0.3 is 0 Å². The van der Waals surface area contributed by atoms with Crippen molar-refractivity contribution >= 4 is 11.0 Å². The summed E-state index contributed by atoms with van der Waals surface area (Å²) in [6, 6.07) is 1.86. The van der Waals surface area contributed by atoms with E-state index in [-0.39, 0.29) is 5.56 Å². The van der Waals surface area contributed by atoms with E-state index >= 15 is 0 Å². The summed E-state index contributed by atoms with van der Waals surface area (Å²) in [4.78, 5) is 18.0. The fourth-order valence-corrected chi connectivity index (χ4v) is 1.42. The van der Waals surface area contributed by atoms with Gasteiger partial charge in [-0.1, -0.05) is 0 Å². The Kier molecular flexibility index (Phi) is 2.32. The Hall–Kier alpha value is -1.62. The molecule has 0 atom stereocenters. The third-order valence-electron chi connectivity index (χ3n) is 2.15. The summed E-state index contributed by atoms with van der Waals surface area (Å²) in [6.07, 6.45) is 3.33. The molecule has 2 N–H and O–H groups in total. The number of H-pyrrole nitrogens is 1. The minimum absolute atomic E-state index is 0.134. The highest BCUT2D eigenvalue weighted by Crippen LogP contribution is 2.05. The summed E-state index contributed by atoms with van der Waals surface area (Å²) in [5.74, 6) is 0. The number of imidazole rings is 1. The van der Waals surface area contributed by atoms with Gasteiger partial charge in [-0.05, 0) is 13.1 Å². The van der Waals surface area contributed by atoms with Gasteiger partial charge in [0.05, 0.1) is 11.8 Å². The monoisotopic (exact) mass is 192 g/mol. The van der Waals surface area contributed by atoms with Crippen LogP contribution in [0, 0.1) is 0 Å². The second-order valence-corrected chi connectivity index (χ2v) is 3.08. The van der Waals surface area contributed by atoms with Crippen molar-refractivity contribution in [1.82, 2.24) is 19.9 Å². The SMILES string of the molecule is CNCCn1cnc2c(=O)[nH]ccc21. The van der Waals surface area contributed by atoms with Crippen LogP contribution >= 0.6 is 0 Å². The van der Waals surface area contributed by atoms with Crippen molar-refractivity contribution in [2.24, 2.45) is 0 Å². The second kappa shape index (κ2) is 3.63. The highest BCUT2D eigenvalue weighted by Gasteiger charge is 2.03. The number of nitrogens with one attached hydrogen (secondary N) is 2. The van der Waals surface area contributed by atoms with Gasteiger partial charge in [-0.2, -0.15) is 0 Å². The van der Waals surface area contributed by atoms with Gasteiger partial charge in [0.15, 0.2) is 5.52 Å². The first-order valence-electron chi connectivity index (χ1n) is 4.50. The number of hydrogen-bond donors (Lipinski definition) is 2. The van der Waals surface area contributed by atoms with Crippen molar-refractivity contribution in [2.75, 3.05) is 13.6 Å². The molecule has 2 aromatic heterocycles. The topological polar surface area (TPSA) is 62.7 Å². The molecule has 0 saturated heterocycles. The van der Waals surface area contributed by atoms with Gasteiger partial charge in [0.1, 0.15) is 0 Å². The summed E-state index contributed by atoms with van der Waals surface area (Å²) >= 11 is 0. The Morgan fingerprint density at radius 3 is 3.29 bits per heavy atom. The van der Waals surface area contributed by atoms with Crippen LogP contribution in [0.25, 0.3) is 11.0 Å². The smallest absolute Gasteiger partial charge is 0.276 e. The Labute approximate surface area is 80.8 Å². The Morgan fingerprint density at radius 2 is 2.50 bits per heavy atom. The molecule has 2 rings (SSSR count). The summed E-state index contributed by atoms with van der Waals surface area (Å²) in [5, 5.41) is 3.05. The van der Waals surface area contributed by atoms with Crippen LogP contribution in [-0.4, -0.2) is 28.1 Å². The molecule has 0 radical (unpaired) electrons. The van der Waals surface area contributed by atoms with Crippen molar-refractivity contribution in [1.29, 1.82) is 0 Å². The van der Waals surface area contributed by atoms with E-state index in [4.69, 9.17) is 0 Å². The third-order valence-corrected chi connectivity index (χ3v) is 2.15. The van der Waals surface area contributed by atoms with E-state index in [9.17, 15) is 4.79 Å². The highest BCUT2D eigenvalue weighted by atomic mass is 16.1. The lowest BCUT2D eigenvalue weighted by atomic mass is 10.4. The molecule has 0 fully saturated rings. The van der Waals surface area contributed by atoms with E-state index in [1.165, 1.54) is 0 Å². The molecule has 2 aromatic rings. The molecular formula is C9H12N4O. The van der Waals surface area contributed by atoms with Crippen LogP contribution in [0.15, 0.2) is 23.4 Å². The van der Waals surface area contributed by atoms with E-state index in [0.29, 0.717) is 5.52 Å². The summed E-state index contributed by atoms with van der Waals surface area (Å²) < 4.78 is 1.96. The molecule has 0 spiro atoms.